The zero-order valence-electron chi connectivity index (χ0n) is 9.12. The first-order valence-electron chi connectivity index (χ1n) is 4.94. The standard InChI is InChI=1S/C11H6BrF3N2O2/c12-5-1-2-6(7(3-5)11(13,14)15)9-16-4-8(17-9)10(18)19/h1-4H,(H,16,17)(H,18,19). The Hall–Kier alpha value is -1.83. The molecule has 2 rings (SSSR count). The number of benzene rings is 1. The van der Waals surface area contributed by atoms with Crippen molar-refractivity contribution in [1.82, 2.24) is 9.97 Å². The van der Waals surface area contributed by atoms with Crippen LogP contribution in [0.4, 0.5) is 13.2 Å². The van der Waals surface area contributed by atoms with Gasteiger partial charge in [-0.3, -0.25) is 0 Å². The smallest absolute Gasteiger partial charge is 0.417 e. The summed E-state index contributed by atoms with van der Waals surface area (Å²) in [7, 11) is 0. The number of aromatic nitrogens is 2. The van der Waals surface area contributed by atoms with Crippen LogP contribution in [0.5, 0.6) is 0 Å². The lowest BCUT2D eigenvalue weighted by molar-refractivity contribution is -0.137. The van der Waals surface area contributed by atoms with E-state index in [0.717, 1.165) is 12.3 Å². The second-order valence-corrected chi connectivity index (χ2v) is 4.55. The first kappa shape index (κ1) is 13.6. The molecule has 0 amide bonds. The molecule has 100 valence electrons. The van der Waals surface area contributed by atoms with Gasteiger partial charge in [0.15, 0.2) is 0 Å². The molecule has 2 aromatic rings. The highest BCUT2D eigenvalue weighted by atomic mass is 79.9. The summed E-state index contributed by atoms with van der Waals surface area (Å²) < 4.78 is 39.0. The third-order valence-corrected chi connectivity index (χ3v) is 2.84. The minimum absolute atomic E-state index is 0.141. The zero-order valence-corrected chi connectivity index (χ0v) is 10.7. The molecule has 0 aliphatic rings. The first-order valence-corrected chi connectivity index (χ1v) is 5.74. The maximum Gasteiger partial charge on any atom is 0.417 e. The number of nitrogens with zero attached hydrogens (tertiary/aromatic N) is 1. The predicted octanol–water partition coefficient (Wildman–Crippen LogP) is 3.56. The van der Waals surface area contributed by atoms with Crippen molar-refractivity contribution in [3.63, 3.8) is 0 Å². The van der Waals surface area contributed by atoms with E-state index in [2.05, 4.69) is 25.9 Å². The van der Waals surface area contributed by atoms with Gasteiger partial charge in [-0.05, 0) is 18.2 Å². The largest absolute Gasteiger partial charge is 0.477 e. The Kier molecular flexibility index (Phi) is 3.36. The summed E-state index contributed by atoms with van der Waals surface area (Å²) in [5.74, 6) is -1.43. The van der Waals surface area contributed by atoms with E-state index in [1.165, 1.54) is 12.1 Å². The van der Waals surface area contributed by atoms with Gasteiger partial charge in [0.1, 0.15) is 11.5 Å². The van der Waals surface area contributed by atoms with Crippen LogP contribution in [0.3, 0.4) is 0 Å². The molecule has 4 nitrogen and oxygen atoms in total. The van der Waals surface area contributed by atoms with E-state index in [-0.39, 0.29) is 21.6 Å². The third kappa shape index (κ3) is 2.78. The lowest BCUT2D eigenvalue weighted by atomic mass is 10.1. The second-order valence-electron chi connectivity index (χ2n) is 3.64. The molecule has 0 radical (unpaired) electrons. The van der Waals surface area contributed by atoms with Crippen LogP contribution in [0.1, 0.15) is 16.1 Å². The van der Waals surface area contributed by atoms with Crippen LogP contribution in [0.25, 0.3) is 11.4 Å². The Labute approximate surface area is 113 Å². The van der Waals surface area contributed by atoms with Crippen LogP contribution in [-0.4, -0.2) is 21.0 Å². The van der Waals surface area contributed by atoms with Gasteiger partial charge in [0, 0.05) is 10.0 Å². The average molecular weight is 335 g/mol. The summed E-state index contributed by atoms with van der Waals surface area (Å²) in [6, 6.07) is 3.56. The van der Waals surface area contributed by atoms with Crippen molar-refractivity contribution in [3.8, 4) is 11.4 Å². The van der Waals surface area contributed by atoms with E-state index < -0.39 is 17.7 Å². The molecule has 0 saturated carbocycles. The normalized spacial score (nSPS) is 11.6. The maximum atomic E-state index is 12.9. The Morgan fingerprint density at radius 1 is 1.37 bits per heavy atom. The van der Waals surface area contributed by atoms with Gasteiger partial charge in [0.25, 0.3) is 0 Å². The van der Waals surface area contributed by atoms with Gasteiger partial charge in [-0.15, -0.1) is 0 Å². The first-order chi connectivity index (χ1) is 8.79. The molecule has 0 saturated heterocycles. The van der Waals surface area contributed by atoms with Crippen molar-refractivity contribution in [2.45, 2.75) is 6.18 Å². The van der Waals surface area contributed by atoms with Crippen molar-refractivity contribution in [2.75, 3.05) is 0 Å². The molecule has 0 spiro atoms. The minimum Gasteiger partial charge on any atom is -0.477 e. The molecule has 0 unspecified atom stereocenters. The lowest BCUT2D eigenvalue weighted by Gasteiger charge is -2.11. The van der Waals surface area contributed by atoms with Crippen LogP contribution in [0.15, 0.2) is 28.9 Å². The fourth-order valence-corrected chi connectivity index (χ4v) is 1.89. The molecule has 8 heteroatoms. The number of nitrogens with one attached hydrogen (secondary N) is 1. The van der Waals surface area contributed by atoms with E-state index in [9.17, 15) is 18.0 Å². The highest BCUT2D eigenvalue weighted by molar-refractivity contribution is 9.10. The van der Waals surface area contributed by atoms with E-state index in [1.807, 2.05) is 0 Å². The summed E-state index contributed by atoms with van der Waals surface area (Å²) in [5, 5.41) is 8.72. The molecular weight excluding hydrogens is 329 g/mol. The molecule has 2 N–H and O–H groups in total. The molecule has 0 aliphatic carbocycles. The SMILES string of the molecule is O=C(O)c1cnc(-c2ccc(Br)cc2C(F)(F)F)[nH]1. The highest BCUT2D eigenvalue weighted by Gasteiger charge is 2.34. The number of hydrogen-bond donors (Lipinski definition) is 2. The summed E-state index contributed by atoms with van der Waals surface area (Å²) in [4.78, 5) is 16.7. The molecule has 1 aromatic carbocycles. The number of imidazole rings is 1. The van der Waals surface area contributed by atoms with E-state index >= 15 is 0 Å². The number of rotatable bonds is 2. The Bertz CT molecular complexity index is 637. The number of aromatic carboxylic acids is 1. The van der Waals surface area contributed by atoms with Crippen molar-refractivity contribution < 1.29 is 23.1 Å². The van der Waals surface area contributed by atoms with Gasteiger partial charge in [0.2, 0.25) is 0 Å². The molecule has 1 heterocycles. The van der Waals surface area contributed by atoms with Gasteiger partial charge >= 0.3 is 12.1 Å². The molecule has 0 fully saturated rings. The Balaban J connectivity index is 2.58. The number of carboxylic acids is 1. The van der Waals surface area contributed by atoms with Crippen LogP contribution < -0.4 is 0 Å². The van der Waals surface area contributed by atoms with E-state index in [0.29, 0.717) is 0 Å². The summed E-state index contributed by atoms with van der Waals surface area (Å²) in [6.45, 7) is 0. The predicted molar refractivity (Wildman–Crippen MR) is 63.7 cm³/mol. The average Bonchev–Trinajstić information content (AvgIpc) is 2.77. The van der Waals surface area contributed by atoms with Crippen molar-refractivity contribution in [2.24, 2.45) is 0 Å². The summed E-state index contributed by atoms with van der Waals surface area (Å²) >= 11 is 2.97. The number of hydrogen-bond acceptors (Lipinski definition) is 2. The zero-order chi connectivity index (χ0) is 14.2. The van der Waals surface area contributed by atoms with Gasteiger partial charge in [-0.25, -0.2) is 9.78 Å². The van der Waals surface area contributed by atoms with Crippen LogP contribution >= 0.6 is 15.9 Å². The molecular formula is C11H6BrF3N2O2. The van der Waals surface area contributed by atoms with Crippen molar-refractivity contribution >= 4 is 21.9 Å². The number of carboxylic acid groups (broad SMARTS) is 1. The van der Waals surface area contributed by atoms with E-state index in [1.54, 1.807) is 0 Å². The number of alkyl halides is 3. The Morgan fingerprint density at radius 3 is 2.58 bits per heavy atom. The van der Waals surface area contributed by atoms with Gasteiger partial charge in [-0.2, -0.15) is 13.2 Å². The summed E-state index contributed by atoms with van der Waals surface area (Å²) in [6.07, 6.45) is -3.59. The van der Waals surface area contributed by atoms with Crippen LogP contribution in [0.2, 0.25) is 0 Å². The van der Waals surface area contributed by atoms with E-state index in [4.69, 9.17) is 5.11 Å². The number of H-pyrrole nitrogens is 1. The van der Waals surface area contributed by atoms with Crippen LogP contribution in [0, 0.1) is 0 Å². The molecule has 19 heavy (non-hydrogen) atoms. The Morgan fingerprint density at radius 2 is 2.05 bits per heavy atom. The second kappa shape index (κ2) is 4.69. The maximum absolute atomic E-state index is 12.9. The van der Waals surface area contributed by atoms with Gasteiger partial charge < -0.3 is 10.1 Å². The topological polar surface area (TPSA) is 66.0 Å². The number of halogens is 4. The molecule has 0 atom stereocenters. The molecule has 1 aromatic heterocycles. The highest BCUT2D eigenvalue weighted by Crippen LogP contribution is 2.37. The number of aromatic amines is 1. The fraction of sp³-hybridized carbons (Fsp3) is 0.0909. The molecule has 0 bridgehead atoms. The van der Waals surface area contributed by atoms with Gasteiger partial charge in [-0.1, -0.05) is 15.9 Å². The third-order valence-electron chi connectivity index (χ3n) is 2.35. The number of carbonyl (C=O) groups is 1. The monoisotopic (exact) mass is 334 g/mol. The van der Waals surface area contributed by atoms with Crippen molar-refractivity contribution in [3.05, 3.63) is 40.1 Å². The van der Waals surface area contributed by atoms with Crippen molar-refractivity contribution in [1.29, 1.82) is 0 Å². The molecule has 0 aliphatic heterocycles. The summed E-state index contributed by atoms with van der Waals surface area (Å²) in [5.41, 5.74) is -1.37. The van der Waals surface area contributed by atoms with Gasteiger partial charge in [0.05, 0.1) is 11.8 Å². The quantitative estimate of drug-likeness (QED) is 0.882. The minimum atomic E-state index is -4.56. The fourth-order valence-electron chi connectivity index (χ4n) is 1.52. The lowest BCUT2D eigenvalue weighted by Crippen LogP contribution is -2.07. The van der Waals surface area contributed by atoms with Crippen LogP contribution in [-0.2, 0) is 6.18 Å².